The molecule has 5 heteroatoms. The first kappa shape index (κ1) is 17.0. The number of benzene rings is 2. The van der Waals surface area contributed by atoms with Crippen LogP contribution in [-0.2, 0) is 11.2 Å². The fourth-order valence-electron chi connectivity index (χ4n) is 3.14. The van der Waals surface area contributed by atoms with E-state index in [1.807, 2.05) is 12.1 Å². The number of aryl methyl sites for hydroxylation is 1. The number of hydrogen-bond acceptors (Lipinski definition) is 3. The van der Waals surface area contributed by atoms with Crippen LogP contribution in [0.3, 0.4) is 0 Å². The molecule has 1 aliphatic carbocycles. The first-order valence-corrected chi connectivity index (χ1v) is 8.60. The average molecular weight is 338 g/mol. The summed E-state index contributed by atoms with van der Waals surface area (Å²) < 4.78 is 4.83. The lowest BCUT2D eigenvalue weighted by Crippen LogP contribution is -2.30. The molecule has 0 unspecified atom stereocenters. The van der Waals surface area contributed by atoms with Gasteiger partial charge in [0.05, 0.1) is 12.6 Å². The van der Waals surface area contributed by atoms with Gasteiger partial charge < -0.3 is 10.1 Å². The SMILES string of the molecule is CCOC(=O)Nc1ccc(C(=O)N[C@@H]2CCCc3ccccc32)cc1. The highest BCUT2D eigenvalue weighted by atomic mass is 16.5. The molecule has 2 aromatic carbocycles. The molecule has 1 atom stereocenters. The Morgan fingerprint density at radius 1 is 1.12 bits per heavy atom. The van der Waals surface area contributed by atoms with E-state index in [2.05, 4.69) is 22.8 Å². The van der Waals surface area contributed by atoms with Crippen molar-refractivity contribution in [3.05, 3.63) is 65.2 Å². The average Bonchev–Trinajstić information content (AvgIpc) is 2.63. The van der Waals surface area contributed by atoms with E-state index < -0.39 is 6.09 Å². The van der Waals surface area contributed by atoms with Crippen molar-refractivity contribution in [1.82, 2.24) is 5.32 Å². The van der Waals surface area contributed by atoms with Gasteiger partial charge in [-0.25, -0.2) is 4.79 Å². The van der Waals surface area contributed by atoms with Crippen LogP contribution in [0.5, 0.6) is 0 Å². The lowest BCUT2D eigenvalue weighted by Gasteiger charge is -2.26. The maximum absolute atomic E-state index is 12.5. The van der Waals surface area contributed by atoms with Crippen LogP contribution in [0, 0.1) is 0 Å². The number of rotatable bonds is 4. The highest BCUT2D eigenvalue weighted by Gasteiger charge is 2.21. The monoisotopic (exact) mass is 338 g/mol. The fraction of sp³-hybridized carbons (Fsp3) is 0.300. The Labute approximate surface area is 147 Å². The molecule has 0 aromatic heterocycles. The van der Waals surface area contributed by atoms with Crippen molar-refractivity contribution in [1.29, 1.82) is 0 Å². The third-order valence-corrected chi connectivity index (χ3v) is 4.34. The normalized spacial score (nSPS) is 15.8. The molecule has 0 fully saturated rings. The molecule has 2 aromatic rings. The van der Waals surface area contributed by atoms with Crippen molar-refractivity contribution in [3.8, 4) is 0 Å². The maximum atomic E-state index is 12.5. The summed E-state index contributed by atoms with van der Waals surface area (Å²) in [7, 11) is 0. The number of carbonyl (C=O) groups excluding carboxylic acids is 2. The standard InChI is InChI=1S/C20H22N2O3/c1-2-25-20(24)21-16-12-10-15(11-13-16)19(23)22-18-9-5-7-14-6-3-4-8-17(14)18/h3-4,6,8,10-13,18H,2,5,7,9H2,1H3,(H,21,24)(H,22,23)/t18-/m1/s1. The quantitative estimate of drug-likeness (QED) is 0.883. The molecular weight excluding hydrogens is 316 g/mol. The number of amides is 2. The Hall–Kier alpha value is -2.82. The second kappa shape index (κ2) is 7.83. The number of hydrogen-bond donors (Lipinski definition) is 2. The van der Waals surface area contributed by atoms with Gasteiger partial charge in [-0.15, -0.1) is 0 Å². The van der Waals surface area contributed by atoms with Gasteiger partial charge in [-0.1, -0.05) is 24.3 Å². The summed E-state index contributed by atoms with van der Waals surface area (Å²) in [4.78, 5) is 23.9. The zero-order valence-corrected chi connectivity index (χ0v) is 14.2. The Bertz CT molecular complexity index is 756. The van der Waals surface area contributed by atoms with Crippen molar-refractivity contribution in [2.24, 2.45) is 0 Å². The Morgan fingerprint density at radius 3 is 2.64 bits per heavy atom. The first-order valence-electron chi connectivity index (χ1n) is 8.60. The van der Waals surface area contributed by atoms with Crippen LogP contribution in [0.25, 0.3) is 0 Å². The molecule has 2 amide bonds. The topological polar surface area (TPSA) is 67.4 Å². The van der Waals surface area contributed by atoms with Gasteiger partial charge >= 0.3 is 6.09 Å². The molecule has 130 valence electrons. The van der Waals surface area contributed by atoms with E-state index in [9.17, 15) is 9.59 Å². The van der Waals surface area contributed by atoms with Crippen LogP contribution in [0.4, 0.5) is 10.5 Å². The van der Waals surface area contributed by atoms with Crippen molar-refractivity contribution in [2.45, 2.75) is 32.2 Å². The molecule has 0 heterocycles. The van der Waals surface area contributed by atoms with E-state index in [1.54, 1.807) is 31.2 Å². The molecule has 2 N–H and O–H groups in total. The molecule has 1 aliphatic rings. The Morgan fingerprint density at radius 2 is 1.88 bits per heavy atom. The van der Waals surface area contributed by atoms with Gasteiger partial charge in [0, 0.05) is 11.3 Å². The van der Waals surface area contributed by atoms with E-state index in [-0.39, 0.29) is 11.9 Å². The van der Waals surface area contributed by atoms with E-state index in [0.717, 1.165) is 19.3 Å². The van der Waals surface area contributed by atoms with E-state index in [4.69, 9.17) is 4.74 Å². The molecule has 0 bridgehead atoms. The van der Waals surface area contributed by atoms with E-state index >= 15 is 0 Å². The number of nitrogens with one attached hydrogen (secondary N) is 2. The number of ether oxygens (including phenoxy) is 1. The molecule has 0 radical (unpaired) electrons. The highest BCUT2D eigenvalue weighted by Crippen LogP contribution is 2.29. The predicted octanol–water partition coefficient (Wildman–Crippen LogP) is 4.06. The van der Waals surface area contributed by atoms with Crippen molar-refractivity contribution < 1.29 is 14.3 Å². The molecule has 0 saturated carbocycles. The molecule has 0 saturated heterocycles. The van der Waals surface area contributed by atoms with Gasteiger partial charge in [0.2, 0.25) is 0 Å². The lowest BCUT2D eigenvalue weighted by atomic mass is 9.87. The van der Waals surface area contributed by atoms with Crippen LogP contribution < -0.4 is 10.6 Å². The summed E-state index contributed by atoms with van der Waals surface area (Å²) in [6.07, 6.45) is 2.59. The van der Waals surface area contributed by atoms with E-state index in [0.29, 0.717) is 17.9 Å². The summed E-state index contributed by atoms with van der Waals surface area (Å²) >= 11 is 0. The second-order valence-electron chi connectivity index (χ2n) is 6.04. The summed E-state index contributed by atoms with van der Waals surface area (Å²) in [5.74, 6) is -0.107. The fourth-order valence-corrected chi connectivity index (χ4v) is 3.14. The van der Waals surface area contributed by atoms with Gasteiger partial charge in [-0.3, -0.25) is 10.1 Å². The zero-order chi connectivity index (χ0) is 17.6. The second-order valence-corrected chi connectivity index (χ2v) is 6.04. The van der Waals surface area contributed by atoms with Crippen molar-refractivity contribution in [3.63, 3.8) is 0 Å². The summed E-state index contributed by atoms with van der Waals surface area (Å²) in [5.41, 5.74) is 3.69. The van der Waals surface area contributed by atoms with Gasteiger partial charge in [0.15, 0.2) is 0 Å². The van der Waals surface area contributed by atoms with Gasteiger partial charge in [0.25, 0.3) is 5.91 Å². The number of fused-ring (bicyclic) bond motifs is 1. The predicted molar refractivity (Wildman–Crippen MR) is 96.7 cm³/mol. The van der Waals surface area contributed by atoms with Gasteiger partial charge in [0.1, 0.15) is 0 Å². The van der Waals surface area contributed by atoms with Crippen LogP contribution in [0.2, 0.25) is 0 Å². The zero-order valence-electron chi connectivity index (χ0n) is 14.2. The van der Waals surface area contributed by atoms with Crippen LogP contribution in [0.1, 0.15) is 47.3 Å². The van der Waals surface area contributed by atoms with Crippen molar-refractivity contribution in [2.75, 3.05) is 11.9 Å². The summed E-state index contributed by atoms with van der Waals surface area (Å²) in [5, 5.41) is 5.73. The summed E-state index contributed by atoms with van der Waals surface area (Å²) in [6.45, 7) is 2.06. The minimum atomic E-state index is -0.501. The molecule has 0 aliphatic heterocycles. The Balaban J connectivity index is 1.65. The maximum Gasteiger partial charge on any atom is 0.411 e. The minimum absolute atomic E-state index is 0.0507. The largest absolute Gasteiger partial charge is 0.450 e. The van der Waals surface area contributed by atoms with Crippen molar-refractivity contribution >= 4 is 17.7 Å². The Kier molecular flexibility index (Phi) is 5.33. The first-order chi connectivity index (χ1) is 12.2. The van der Waals surface area contributed by atoms with Crippen LogP contribution in [-0.4, -0.2) is 18.6 Å². The third-order valence-electron chi connectivity index (χ3n) is 4.34. The van der Waals surface area contributed by atoms with E-state index in [1.165, 1.54) is 11.1 Å². The molecular formula is C20H22N2O3. The molecule has 3 rings (SSSR count). The molecule has 5 nitrogen and oxygen atoms in total. The number of anilines is 1. The molecule has 25 heavy (non-hydrogen) atoms. The minimum Gasteiger partial charge on any atom is -0.450 e. The molecule has 0 spiro atoms. The van der Waals surface area contributed by atoms with Crippen LogP contribution in [0.15, 0.2) is 48.5 Å². The van der Waals surface area contributed by atoms with Gasteiger partial charge in [-0.05, 0) is 61.6 Å². The lowest BCUT2D eigenvalue weighted by molar-refractivity contribution is 0.0932. The summed E-state index contributed by atoms with van der Waals surface area (Å²) in [6, 6.07) is 15.1. The third kappa shape index (κ3) is 4.18. The highest BCUT2D eigenvalue weighted by molar-refractivity contribution is 5.95. The smallest absolute Gasteiger partial charge is 0.411 e. The number of carbonyl (C=O) groups is 2. The van der Waals surface area contributed by atoms with Gasteiger partial charge in [-0.2, -0.15) is 0 Å². The van der Waals surface area contributed by atoms with Crippen LogP contribution >= 0.6 is 0 Å².